The average molecular weight is 244 g/mol. The maximum absolute atomic E-state index is 5.94. The number of hydrogen-bond donors (Lipinski definition) is 3. The Hall–Kier alpha value is -1.65. The van der Waals surface area contributed by atoms with Crippen LogP contribution in [0.4, 0.5) is 22.7 Å². The number of anilines is 2. The molecule has 2 aromatic carbocycles. The van der Waals surface area contributed by atoms with Crippen LogP contribution in [0.25, 0.3) is 0 Å². The van der Waals surface area contributed by atoms with Crippen molar-refractivity contribution in [3.63, 3.8) is 0 Å². The van der Waals surface area contributed by atoms with E-state index in [0.29, 0.717) is 0 Å². The van der Waals surface area contributed by atoms with Crippen molar-refractivity contribution in [1.29, 1.82) is 0 Å². The van der Waals surface area contributed by atoms with E-state index in [4.69, 9.17) is 11.5 Å². The van der Waals surface area contributed by atoms with Crippen LogP contribution in [0.1, 0.15) is 5.56 Å². The number of hydrogen-bond acceptors (Lipinski definition) is 3. The summed E-state index contributed by atoms with van der Waals surface area (Å²) in [7, 11) is 0. The SMILES string of the molecule is Cc1cc2c(cc1N)Sc1cc(N)ccc1[NH2+]2. The lowest BCUT2D eigenvalue weighted by Crippen LogP contribution is -2.72. The van der Waals surface area contributed by atoms with E-state index in [1.165, 1.54) is 21.2 Å². The standard InChI is InChI=1S/C13H13N3S/c1-7-4-11-13(6-9(7)15)17-12-5-8(14)2-3-10(12)16-11/h2-6,16H,14-15H2,1H3/p+1. The molecule has 0 saturated carbocycles. The van der Waals surface area contributed by atoms with Crippen LogP contribution < -0.4 is 16.8 Å². The smallest absolute Gasteiger partial charge is 0.149 e. The first kappa shape index (κ1) is 10.5. The van der Waals surface area contributed by atoms with E-state index in [0.717, 1.165) is 16.9 Å². The van der Waals surface area contributed by atoms with E-state index in [9.17, 15) is 0 Å². The Labute approximate surface area is 104 Å². The van der Waals surface area contributed by atoms with E-state index >= 15 is 0 Å². The van der Waals surface area contributed by atoms with Crippen LogP contribution in [0.2, 0.25) is 0 Å². The molecule has 1 aliphatic heterocycles. The molecule has 0 saturated heterocycles. The van der Waals surface area contributed by atoms with Gasteiger partial charge in [0.15, 0.2) is 0 Å². The van der Waals surface area contributed by atoms with Crippen molar-refractivity contribution >= 4 is 34.5 Å². The molecule has 86 valence electrons. The summed E-state index contributed by atoms with van der Waals surface area (Å²) in [5.41, 5.74) is 17.0. The molecule has 0 aliphatic carbocycles. The highest BCUT2D eigenvalue weighted by molar-refractivity contribution is 7.99. The van der Waals surface area contributed by atoms with E-state index in [2.05, 4.69) is 17.4 Å². The van der Waals surface area contributed by atoms with Crippen LogP contribution >= 0.6 is 11.8 Å². The van der Waals surface area contributed by atoms with Crippen molar-refractivity contribution in [3.8, 4) is 0 Å². The van der Waals surface area contributed by atoms with Gasteiger partial charge in [-0.05, 0) is 30.7 Å². The van der Waals surface area contributed by atoms with Gasteiger partial charge < -0.3 is 11.5 Å². The largest absolute Gasteiger partial charge is 0.399 e. The molecule has 0 aromatic heterocycles. The zero-order valence-corrected chi connectivity index (χ0v) is 10.3. The molecule has 3 rings (SSSR count). The van der Waals surface area contributed by atoms with Crippen molar-refractivity contribution in [3.05, 3.63) is 35.9 Å². The molecule has 0 radical (unpaired) electrons. The summed E-state index contributed by atoms with van der Waals surface area (Å²) < 4.78 is 0. The summed E-state index contributed by atoms with van der Waals surface area (Å²) in [6, 6.07) is 10.2. The minimum Gasteiger partial charge on any atom is -0.399 e. The fraction of sp³-hybridized carbons (Fsp3) is 0.0769. The molecule has 1 heterocycles. The van der Waals surface area contributed by atoms with Crippen molar-refractivity contribution < 1.29 is 5.32 Å². The quantitative estimate of drug-likeness (QED) is 0.531. The van der Waals surface area contributed by atoms with Crippen molar-refractivity contribution in [1.82, 2.24) is 0 Å². The van der Waals surface area contributed by atoms with Gasteiger partial charge in [0.05, 0.1) is 9.79 Å². The number of fused-ring (bicyclic) bond motifs is 2. The molecule has 17 heavy (non-hydrogen) atoms. The maximum Gasteiger partial charge on any atom is 0.149 e. The highest BCUT2D eigenvalue weighted by Crippen LogP contribution is 2.41. The highest BCUT2D eigenvalue weighted by Gasteiger charge is 2.21. The maximum atomic E-state index is 5.94. The lowest BCUT2D eigenvalue weighted by molar-refractivity contribution is -0.485. The summed E-state index contributed by atoms with van der Waals surface area (Å²) in [5, 5.41) is 2.19. The van der Waals surface area contributed by atoms with Crippen LogP contribution in [0.5, 0.6) is 0 Å². The number of quaternary nitrogens is 1. The lowest BCUT2D eigenvalue weighted by Gasteiger charge is -2.17. The van der Waals surface area contributed by atoms with Crippen LogP contribution in [0, 0.1) is 6.92 Å². The molecular weight excluding hydrogens is 230 g/mol. The molecule has 0 unspecified atom stereocenters. The van der Waals surface area contributed by atoms with Gasteiger partial charge in [0, 0.05) is 23.5 Å². The van der Waals surface area contributed by atoms with Crippen molar-refractivity contribution in [2.24, 2.45) is 0 Å². The van der Waals surface area contributed by atoms with Gasteiger partial charge in [-0.15, -0.1) is 0 Å². The van der Waals surface area contributed by atoms with E-state index in [-0.39, 0.29) is 0 Å². The average Bonchev–Trinajstić information content (AvgIpc) is 2.28. The van der Waals surface area contributed by atoms with E-state index in [1.807, 2.05) is 25.1 Å². The normalized spacial score (nSPS) is 13.0. The Morgan fingerprint density at radius 1 is 1.00 bits per heavy atom. The Morgan fingerprint density at radius 2 is 1.76 bits per heavy atom. The second kappa shape index (κ2) is 3.68. The summed E-state index contributed by atoms with van der Waals surface area (Å²) in [6.45, 7) is 2.03. The first-order chi connectivity index (χ1) is 8.13. The van der Waals surface area contributed by atoms with Crippen molar-refractivity contribution in [2.75, 3.05) is 11.5 Å². The second-order valence-electron chi connectivity index (χ2n) is 4.29. The molecule has 0 atom stereocenters. The molecular formula is C13H14N3S+. The zero-order valence-electron chi connectivity index (χ0n) is 9.53. The predicted molar refractivity (Wildman–Crippen MR) is 71.8 cm³/mol. The Morgan fingerprint density at radius 3 is 2.59 bits per heavy atom. The van der Waals surface area contributed by atoms with Gasteiger partial charge >= 0.3 is 0 Å². The number of rotatable bonds is 0. The number of nitrogen functional groups attached to an aromatic ring is 2. The van der Waals surface area contributed by atoms with E-state index < -0.39 is 0 Å². The first-order valence-corrected chi connectivity index (χ1v) is 6.27. The van der Waals surface area contributed by atoms with Crippen LogP contribution in [-0.2, 0) is 0 Å². The molecule has 0 fully saturated rings. The molecule has 2 aromatic rings. The van der Waals surface area contributed by atoms with Gasteiger partial charge in [-0.1, -0.05) is 11.8 Å². The molecule has 3 nitrogen and oxygen atoms in total. The minimum absolute atomic E-state index is 0.799. The second-order valence-corrected chi connectivity index (χ2v) is 5.37. The highest BCUT2D eigenvalue weighted by atomic mass is 32.2. The molecule has 0 spiro atoms. The summed E-state index contributed by atoms with van der Waals surface area (Å²) in [4.78, 5) is 2.40. The number of benzene rings is 2. The van der Waals surface area contributed by atoms with Crippen LogP contribution in [0.15, 0.2) is 40.1 Å². The molecule has 0 bridgehead atoms. The molecule has 0 amide bonds. The first-order valence-electron chi connectivity index (χ1n) is 5.46. The predicted octanol–water partition coefficient (Wildman–Crippen LogP) is 2.15. The Bertz CT molecular complexity index is 608. The lowest BCUT2D eigenvalue weighted by atomic mass is 10.1. The molecule has 6 N–H and O–H groups in total. The number of aryl methyl sites for hydroxylation is 1. The third kappa shape index (κ3) is 1.75. The topological polar surface area (TPSA) is 68.7 Å². The van der Waals surface area contributed by atoms with Gasteiger partial charge in [-0.2, -0.15) is 0 Å². The van der Waals surface area contributed by atoms with Crippen LogP contribution in [0.3, 0.4) is 0 Å². The van der Waals surface area contributed by atoms with Gasteiger partial charge in [0.1, 0.15) is 11.4 Å². The van der Waals surface area contributed by atoms with Crippen molar-refractivity contribution in [2.45, 2.75) is 16.7 Å². The van der Waals surface area contributed by atoms with Gasteiger partial charge in [-0.25, -0.2) is 0 Å². The van der Waals surface area contributed by atoms with E-state index in [1.54, 1.807) is 11.8 Å². The van der Waals surface area contributed by atoms with Gasteiger partial charge in [0.25, 0.3) is 0 Å². The summed E-state index contributed by atoms with van der Waals surface area (Å²) in [6.07, 6.45) is 0. The Balaban J connectivity index is 2.11. The fourth-order valence-corrected chi connectivity index (χ4v) is 3.07. The summed E-state index contributed by atoms with van der Waals surface area (Å²) in [5.74, 6) is 0. The Kier molecular flexibility index (Phi) is 2.28. The van der Waals surface area contributed by atoms with Gasteiger partial charge in [-0.3, -0.25) is 5.32 Å². The molecule has 4 heteroatoms. The number of nitrogens with two attached hydrogens (primary N) is 3. The summed E-state index contributed by atoms with van der Waals surface area (Å²) >= 11 is 1.73. The third-order valence-corrected chi connectivity index (χ3v) is 4.11. The zero-order chi connectivity index (χ0) is 12.0. The van der Waals surface area contributed by atoms with Crippen LogP contribution in [-0.4, -0.2) is 0 Å². The third-order valence-electron chi connectivity index (χ3n) is 2.97. The monoisotopic (exact) mass is 244 g/mol. The molecule has 1 aliphatic rings. The minimum atomic E-state index is 0.799. The van der Waals surface area contributed by atoms with Gasteiger partial charge in [0.2, 0.25) is 0 Å². The fourth-order valence-electron chi connectivity index (χ4n) is 1.97.